The lowest BCUT2D eigenvalue weighted by molar-refractivity contribution is -0.137. The number of phenols is 1. The molecule has 19 heavy (non-hydrogen) atoms. The van der Waals surface area contributed by atoms with E-state index in [0.717, 1.165) is 12.1 Å². The topological polar surface area (TPSA) is 108 Å². The highest BCUT2D eigenvalue weighted by Gasteiger charge is 2.12. The van der Waals surface area contributed by atoms with Gasteiger partial charge in [-0.05, 0) is 25.1 Å². The van der Waals surface area contributed by atoms with Crippen LogP contribution in [0.15, 0.2) is 23.8 Å². The van der Waals surface area contributed by atoms with E-state index in [-0.39, 0.29) is 29.1 Å². The fraction of sp³-hybridized carbons (Fsp3) is 0.154. The number of carbonyl (C=O) groups is 2. The average Bonchev–Trinajstić information content (AvgIpc) is 2.37. The highest BCUT2D eigenvalue weighted by molar-refractivity contribution is 5.98. The van der Waals surface area contributed by atoms with E-state index in [9.17, 15) is 14.7 Å². The van der Waals surface area contributed by atoms with E-state index in [1.54, 1.807) is 13.0 Å². The van der Waals surface area contributed by atoms with Gasteiger partial charge in [-0.3, -0.25) is 0 Å². The van der Waals surface area contributed by atoms with Gasteiger partial charge in [0, 0.05) is 5.56 Å². The summed E-state index contributed by atoms with van der Waals surface area (Å²) < 4.78 is 4.66. The highest BCUT2D eigenvalue weighted by Crippen LogP contribution is 2.22. The molecule has 2 N–H and O–H groups in total. The summed E-state index contributed by atoms with van der Waals surface area (Å²) in [5, 5.41) is 27.2. The second-order valence-electron chi connectivity index (χ2n) is 3.47. The molecule has 98 valence electrons. The van der Waals surface area contributed by atoms with Crippen molar-refractivity contribution >= 4 is 18.0 Å². The van der Waals surface area contributed by atoms with Crippen LogP contribution in [0.3, 0.4) is 0 Å². The van der Waals surface area contributed by atoms with Gasteiger partial charge in [0.2, 0.25) is 0 Å². The predicted octanol–water partition coefficient (Wildman–Crippen LogP) is 1.56. The van der Waals surface area contributed by atoms with Crippen LogP contribution in [0.25, 0.3) is 6.08 Å². The molecule has 0 aliphatic rings. The van der Waals surface area contributed by atoms with Gasteiger partial charge in [0.15, 0.2) is 0 Å². The summed E-state index contributed by atoms with van der Waals surface area (Å²) in [5.41, 5.74) is -0.209. The van der Waals surface area contributed by atoms with Crippen molar-refractivity contribution in [3.8, 4) is 11.8 Å². The Balaban J connectivity index is 3.13. The Labute approximate surface area is 109 Å². The number of aromatic hydroxyl groups is 1. The van der Waals surface area contributed by atoms with Gasteiger partial charge in [0.25, 0.3) is 0 Å². The Bertz CT molecular complexity index is 583. The molecule has 0 aromatic heterocycles. The standard InChI is InChI=1S/C13H11NO5/c1-2-19-13(18)10(7-14)5-8-3-4-9(12(16)17)6-11(8)15/h3-6,15H,2H2,1H3,(H,16,17)/b10-5+. The molecule has 0 amide bonds. The minimum Gasteiger partial charge on any atom is -0.507 e. The molecule has 0 bridgehead atoms. The van der Waals surface area contributed by atoms with Crippen molar-refractivity contribution < 1.29 is 24.5 Å². The Hall–Kier alpha value is -2.81. The van der Waals surface area contributed by atoms with Crippen molar-refractivity contribution in [2.45, 2.75) is 6.92 Å². The summed E-state index contributed by atoms with van der Waals surface area (Å²) >= 11 is 0. The highest BCUT2D eigenvalue weighted by atomic mass is 16.5. The second kappa shape index (κ2) is 6.21. The Morgan fingerprint density at radius 1 is 1.47 bits per heavy atom. The Morgan fingerprint density at radius 3 is 2.63 bits per heavy atom. The Kier molecular flexibility index (Phi) is 4.66. The first-order valence-electron chi connectivity index (χ1n) is 5.34. The molecule has 0 saturated heterocycles. The number of carboxylic acids is 1. The Morgan fingerprint density at radius 2 is 2.16 bits per heavy atom. The van der Waals surface area contributed by atoms with Crippen molar-refractivity contribution in [3.05, 3.63) is 34.9 Å². The molecular weight excluding hydrogens is 250 g/mol. The zero-order chi connectivity index (χ0) is 14.4. The molecule has 0 atom stereocenters. The maximum atomic E-state index is 11.4. The number of esters is 1. The number of nitriles is 1. The zero-order valence-electron chi connectivity index (χ0n) is 10.1. The number of hydrogen-bond acceptors (Lipinski definition) is 5. The lowest BCUT2D eigenvalue weighted by Gasteiger charge is -2.03. The van der Waals surface area contributed by atoms with E-state index in [4.69, 9.17) is 10.4 Å². The van der Waals surface area contributed by atoms with Gasteiger partial charge in [-0.2, -0.15) is 5.26 Å². The van der Waals surface area contributed by atoms with Gasteiger partial charge in [0.1, 0.15) is 17.4 Å². The first-order valence-corrected chi connectivity index (χ1v) is 5.34. The summed E-state index contributed by atoms with van der Waals surface area (Å²) in [6.45, 7) is 1.73. The third-order valence-electron chi connectivity index (χ3n) is 2.19. The van der Waals surface area contributed by atoms with E-state index in [1.165, 1.54) is 12.1 Å². The molecule has 0 fully saturated rings. The van der Waals surface area contributed by atoms with Crippen LogP contribution in [0.2, 0.25) is 0 Å². The van der Waals surface area contributed by atoms with Crippen LogP contribution in [-0.4, -0.2) is 28.8 Å². The summed E-state index contributed by atoms with van der Waals surface area (Å²) in [6, 6.07) is 5.25. The fourth-order valence-electron chi connectivity index (χ4n) is 1.30. The van der Waals surface area contributed by atoms with Crippen LogP contribution in [0.4, 0.5) is 0 Å². The monoisotopic (exact) mass is 261 g/mol. The van der Waals surface area contributed by atoms with Crippen molar-refractivity contribution in [1.29, 1.82) is 5.26 Å². The molecule has 6 heteroatoms. The number of phenolic OH excluding ortho intramolecular Hbond substituents is 1. The zero-order valence-corrected chi connectivity index (χ0v) is 10.1. The number of rotatable bonds is 4. The number of carbonyl (C=O) groups excluding carboxylic acids is 1. The molecular formula is C13H11NO5. The maximum absolute atomic E-state index is 11.4. The third kappa shape index (κ3) is 3.57. The largest absolute Gasteiger partial charge is 0.507 e. The number of benzene rings is 1. The van der Waals surface area contributed by atoms with Crippen molar-refractivity contribution in [2.24, 2.45) is 0 Å². The van der Waals surface area contributed by atoms with E-state index < -0.39 is 11.9 Å². The molecule has 0 spiro atoms. The molecule has 0 saturated carbocycles. The summed E-state index contributed by atoms with van der Waals surface area (Å²) in [7, 11) is 0. The smallest absolute Gasteiger partial charge is 0.348 e. The van der Waals surface area contributed by atoms with E-state index in [0.29, 0.717) is 0 Å². The van der Waals surface area contributed by atoms with Crippen molar-refractivity contribution in [2.75, 3.05) is 6.61 Å². The number of aromatic carboxylic acids is 1. The fourth-order valence-corrected chi connectivity index (χ4v) is 1.30. The molecule has 6 nitrogen and oxygen atoms in total. The van der Waals surface area contributed by atoms with Crippen LogP contribution < -0.4 is 0 Å². The first-order chi connectivity index (χ1) is 8.99. The van der Waals surface area contributed by atoms with Crippen LogP contribution in [0.5, 0.6) is 5.75 Å². The van der Waals surface area contributed by atoms with Gasteiger partial charge in [-0.25, -0.2) is 9.59 Å². The van der Waals surface area contributed by atoms with E-state index >= 15 is 0 Å². The lowest BCUT2D eigenvalue weighted by atomic mass is 10.1. The van der Waals surface area contributed by atoms with Gasteiger partial charge >= 0.3 is 11.9 Å². The second-order valence-corrected chi connectivity index (χ2v) is 3.47. The molecule has 0 radical (unpaired) electrons. The molecule has 1 aromatic rings. The van der Waals surface area contributed by atoms with E-state index in [2.05, 4.69) is 4.74 Å². The molecule has 1 aromatic carbocycles. The minimum absolute atomic E-state index is 0.0932. The summed E-state index contributed by atoms with van der Waals surface area (Å²) in [5.74, 6) is -2.32. The van der Waals surface area contributed by atoms with Crippen molar-refractivity contribution in [1.82, 2.24) is 0 Å². The molecule has 0 aliphatic heterocycles. The minimum atomic E-state index is -1.18. The molecule has 1 rings (SSSR count). The van der Waals surface area contributed by atoms with E-state index in [1.807, 2.05) is 0 Å². The van der Waals surface area contributed by atoms with Gasteiger partial charge in [-0.1, -0.05) is 6.07 Å². The van der Waals surface area contributed by atoms with Crippen molar-refractivity contribution in [3.63, 3.8) is 0 Å². The lowest BCUT2D eigenvalue weighted by Crippen LogP contribution is -2.06. The molecule has 0 unspecified atom stereocenters. The van der Waals surface area contributed by atoms with Gasteiger partial charge in [-0.15, -0.1) is 0 Å². The normalized spacial score (nSPS) is 10.6. The number of nitrogens with zero attached hydrogens (tertiary/aromatic N) is 1. The molecule has 0 heterocycles. The number of hydrogen-bond donors (Lipinski definition) is 2. The van der Waals surface area contributed by atoms with Gasteiger partial charge in [0.05, 0.1) is 12.2 Å². The third-order valence-corrected chi connectivity index (χ3v) is 2.19. The van der Waals surface area contributed by atoms with Gasteiger partial charge < -0.3 is 14.9 Å². The summed E-state index contributed by atoms with van der Waals surface area (Å²) in [6.07, 6.45) is 1.14. The average molecular weight is 261 g/mol. The van der Waals surface area contributed by atoms with Crippen LogP contribution >= 0.6 is 0 Å². The number of carboxylic acid groups (broad SMARTS) is 1. The SMILES string of the molecule is CCOC(=O)/C(C#N)=C/c1ccc(C(=O)O)cc1O. The maximum Gasteiger partial charge on any atom is 0.348 e. The van der Waals surface area contributed by atoms with Crippen LogP contribution in [0.1, 0.15) is 22.8 Å². The van der Waals surface area contributed by atoms with Crippen LogP contribution in [0, 0.1) is 11.3 Å². The first kappa shape index (κ1) is 14.3. The number of ether oxygens (including phenoxy) is 1. The summed E-state index contributed by atoms with van der Waals surface area (Å²) in [4.78, 5) is 22.1. The van der Waals surface area contributed by atoms with Crippen LogP contribution in [-0.2, 0) is 9.53 Å². The predicted molar refractivity (Wildman–Crippen MR) is 65.3 cm³/mol. The quantitative estimate of drug-likeness (QED) is 0.483. The molecule has 0 aliphatic carbocycles.